The SMILES string of the molecule is CCC(C)[C@H](NC(=O)N1CCOC2CCCC21)C(=O)O. The standard InChI is InChI=1S/C14H24N2O4/c1-3-9(2)12(13(17)18)15-14(19)16-7-8-20-11-6-4-5-10(11)16/h9-12H,3-8H2,1-2H3,(H,15,19)(H,17,18)/t9?,10?,11?,12-/m0/s1. The topological polar surface area (TPSA) is 78.9 Å². The summed E-state index contributed by atoms with van der Waals surface area (Å²) in [6.07, 6.45) is 3.84. The third kappa shape index (κ3) is 3.06. The first-order valence-electron chi connectivity index (χ1n) is 7.46. The Balaban J connectivity index is 2.00. The van der Waals surface area contributed by atoms with Crippen LogP contribution in [-0.2, 0) is 9.53 Å². The van der Waals surface area contributed by atoms with Crippen LogP contribution in [0.3, 0.4) is 0 Å². The van der Waals surface area contributed by atoms with E-state index in [-0.39, 0.29) is 24.1 Å². The zero-order chi connectivity index (χ0) is 14.7. The number of carboxylic acid groups (broad SMARTS) is 1. The van der Waals surface area contributed by atoms with Gasteiger partial charge in [0, 0.05) is 6.54 Å². The fourth-order valence-corrected chi connectivity index (χ4v) is 3.08. The molecule has 2 aliphatic rings. The molecule has 0 aromatic heterocycles. The summed E-state index contributed by atoms with van der Waals surface area (Å²) in [5, 5.41) is 11.9. The van der Waals surface area contributed by atoms with Crippen LogP contribution in [0.5, 0.6) is 0 Å². The molecule has 1 heterocycles. The van der Waals surface area contributed by atoms with E-state index in [0.29, 0.717) is 19.6 Å². The van der Waals surface area contributed by atoms with Gasteiger partial charge in [0.15, 0.2) is 0 Å². The zero-order valence-electron chi connectivity index (χ0n) is 12.2. The Morgan fingerprint density at radius 2 is 2.20 bits per heavy atom. The van der Waals surface area contributed by atoms with Crippen molar-refractivity contribution in [3.05, 3.63) is 0 Å². The summed E-state index contributed by atoms with van der Waals surface area (Å²) in [7, 11) is 0. The maximum absolute atomic E-state index is 12.4. The maximum atomic E-state index is 12.4. The molecule has 1 saturated carbocycles. The van der Waals surface area contributed by atoms with E-state index in [1.165, 1.54) is 0 Å². The molecule has 0 radical (unpaired) electrons. The summed E-state index contributed by atoms with van der Waals surface area (Å²) in [6.45, 7) is 4.85. The highest BCUT2D eigenvalue weighted by Gasteiger charge is 2.39. The molecule has 0 aromatic rings. The number of rotatable bonds is 4. The summed E-state index contributed by atoms with van der Waals surface area (Å²) in [5.74, 6) is -1.05. The predicted octanol–water partition coefficient (Wildman–Crippen LogP) is 1.45. The van der Waals surface area contributed by atoms with Gasteiger partial charge in [0.1, 0.15) is 6.04 Å². The van der Waals surface area contributed by atoms with E-state index in [1.54, 1.807) is 4.90 Å². The number of morpholine rings is 1. The maximum Gasteiger partial charge on any atom is 0.326 e. The summed E-state index contributed by atoms with van der Waals surface area (Å²) in [6, 6.07) is -0.983. The minimum absolute atomic E-state index is 0.0862. The summed E-state index contributed by atoms with van der Waals surface area (Å²) in [4.78, 5) is 25.4. The van der Waals surface area contributed by atoms with Crippen molar-refractivity contribution in [3.8, 4) is 0 Å². The molecule has 1 aliphatic carbocycles. The molecule has 4 atom stereocenters. The van der Waals surface area contributed by atoms with Crippen LogP contribution in [0.15, 0.2) is 0 Å². The number of carbonyl (C=O) groups excluding carboxylic acids is 1. The van der Waals surface area contributed by atoms with E-state index < -0.39 is 12.0 Å². The van der Waals surface area contributed by atoms with Crippen LogP contribution < -0.4 is 5.32 Å². The summed E-state index contributed by atoms with van der Waals surface area (Å²) < 4.78 is 5.67. The van der Waals surface area contributed by atoms with Crippen molar-refractivity contribution in [3.63, 3.8) is 0 Å². The molecule has 6 heteroatoms. The van der Waals surface area contributed by atoms with Gasteiger partial charge in [0.25, 0.3) is 0 Å². The Morgan fingerprint density at radius 1 is 1.45 bits per heavy atom. The lowest BCUT2D eigenvalue weighted by molar-refractivity contribution is -0.140. The Hall–Kier alpha value is -1.30. The summed E-state index contributed by atoms with van der Waals surface area (Å²) >= 11 is 0. The predicted molar refractivity (Wildman–Crippen MR) is 73.5 cm³/mol. The Morgan fingerprint density at radius 3 is 2.85 bits per heavy atom. The van der Waals surface area contributed by atoms with Gasteiger partial charge in [-0.15, -0.1) is 0 Å². The first kappa shape index (κ1) is 15.1. The quantitative estimate of drug-likeness (QED) is 0.819. The van der Waals surface area contributed by atoms with Gasteiger partial charge >= 0.3 is 12.0 Å². The van der Waals surface area contributed by atoms with Crippen LogP contribution in [0, 0.1) is 5.92 Å². The molecule has 0 spiro atoms. The van der Waals surface area contributed by atoms with Crippen molar-refractivity contribution < 1.29 is 19.4 Å². The average Bonchev–Trinajstić information content (AvgIpc) is 2.91. The number of hydrogen-bond donors (Lipinski definition) is 2. The van der Waals surface area contributed by atoms with Crippen molar-refractivity contribution in [2.75, 3.05) is 13.2 Å². The number of hydrogen-bond acceptors (Lipinski definition) is 3. The molecule has 2 amide bonds. The van der Waals surface area contributed by atoms with E-state index in [0.717, 1.165) is 19.3 Å². The number of amides is 2. The van der Waals surface area contributed by atoms with Crippen molar-refractivity contribution in [1.82, 2.24) is 10.2 Å². The van der Waals surface area contributed by atoms with E-state index >= 15 is 0 Å². The Bertz CT molecular complexity index is 374. The molecule has 0 bridgehead atoms. The fourth-order valence-electron chi connectivity index (χ4n) is 3.08. The number of aliphatic carboxylic acids is 1. The number of carbonyl (C=O) groups is 2. The van der Waals surface area contributed by atoms with Gasteiger partial charge in [-0.05, 0) is 25.2 Å². The monoisotopic (exact) mass is 284 g/mol. The van der Waals surface area contributed by atoms with Gasteiger partial charge in [0.2, 0.25) is 0 Å². The molecule has 20 heavy (non-hydrogen) atoms. The molecule has 3 unspecified atom stereocenters. The number of ether oxygens (including phenoxy) is 1. The smallest absolute Gasteiger partial charge is 0.326 e. The van der Waals surface area contributed by atoms with Crippen LogP contribution in [0.25, 0.3) is 0 Å². The second-order valence-electron chi connectivity index (χ2n) is 5.75. The fraction of sp³-hybridized carbons (Fsp3) is 0.857. The molecule has 1 saturated heterocycles. The van der Waals surface area contributed by atoms with Crippen molar-refractivity contribution in [2.24, 2.45) is 5.92 Å². The van der Waals surface area contributed by atoms with Crippen molar-refractivity contribution in [2.45, 2.75) is 57.7 Å². The highest BCUT2D eigenvalue weighted by atomic mass is 16.5. The first-order chi connectivity index (χ1) is 9.54. The minimum atomic E-state index is -0.969. The molecule has 2 N–H and O–H groups in total. The van der Waals surface area contributed by atoms with Crippen molar-refractivity contribution in [1.29, 1.82) is 0 Å². The molecule has 2 fully saturated rings. The third-order valence-corrected chi connectivity index (χ3v) is 4.50. The molecule has 0 aromatic carbocycles. The van der Waals surface area contributed by atoms with Crippen LogP contribution in [0.2, 0.25) is 0 Å². The van der Waals surface area contributed by atoms with Gasteiger partial charge < -0.3 is 20.1 Å². The number of nitrogens with zero attached hydrogens (tertiary/aromatic N) is 1. The average molecular weight is 284 g/mol. The van der Waals surface area contributed by atoms with Gasteiger partial charge in [-0.1, -0.05) is 20.3 Å². The van der Waals surface area contributed by atoms with E-state index in [2.05, 4.69) is 5.32 Å². The van der Waals surface area contributed by atoms with Crippen LogP contribution in [0.1, 0.15) is 39.5 Å². The van der Waals surface area contributed by atoms with Gasteiger partial charge in [-0.25, -0.2) is 9.59 Å². The van der Waals surface area contributed by atoms with Gasteiger partial charge in [-0.2, -0.15) is 0 Å². The Kier molecular flexibility index (Phi) is 4.86. The van der Waals surface area contributed by atoms with E-state index in [9.17, 15) is 14.7 Å². The second kappa shape index (κ2) is 6.43. The van der Waals surface area contributed by atoms with Crippen LogP contribution in [0.4, 0.5) is 4.79 Å². The third-order valence-electron chi connectivity index (χ3n) is 4.50. The van der Waals surface area contributed by atoms with Gasteiger partial charge in [0.05, 0.1) is 18.8 Å². The van der Waals surface area contributed by atoms with Crippen LogP contribution >= 0.6 is 0 Å². The Labute approximate surface area is 119 Å². The molecule has 6 nitrogen and oxygen atoms in total. The lowest BCUT2D eigenvalue weighted by Gasteiger charge is -2.38. The molecule has 114 valence electrons. The molecule has 2 rings (SSSR count). The lowest BCUT2D eigenvalue weighted by Crippen LogP contribution is -2.58. The largest absolute Gasteiger partial charge is 0.480 e. The second-order valence-corrected chi connectivity index (χ2v) is 5.75. The van der Waals surface area contributed by atoms with Crippen molar-refractivity contribution >= 4 is 12.0 Å². The molecular weight excluding hydrogens is 260 g/mol. The minimum Gasteiger partial charge on any atom is -0.480 e. The first-order valence-corrected chi connectivity index (χ1v) is 7.46. The number of nitrogens with one attached hydrogen (secondary N) is 1. The van der Waals surface area contributed by atoms with E-state index in [4.69, 9.17) is 4.74 Å². The number of urea groups is 1. The normalized spacial score (nSPS) is 28.6. The highest BCUT2D eigenvalue weighted by molar-refractivity contribution is 5.83. The zero-order valence-corrected chi connectivity index (χ0v) is 12.2. The van der Waals surface area contributed by atoms with Crippen LogP contribution in [-0.4, -0.2) is 53.3 Å². The lowest BCUT2D eigenvalue weighted by atomic mass is 9.99. The number of fused-ring (bicyclic) bond motifs is 1. The summed E-state index contributed by atoms with van der Waals surface area (Å²) in [5.41, 5.74) is 0. The molecular formula is C14H24N2O4. The van der Waals surface area contributed by atoms with Gasteiger partial charge in [-0.3, -0.25) is 0 Å². The molecule has 1 aliphatic heterocycles. The van der Waals surface area contributed by atoms with E-state index in [1.807, 2.05) is 13.8 Å². The highest BCUT2D eigenvalue weighted by Crippen LogP contribution is 2.29. The number of carboxylic acids is 1.